The van der Waals surface area contributed by atoms with Gasteiger partial charge < -0.3 is 5.11 Å². The van der Waals surface area contributed by atoms with Gasteiger partial charge in [-0.15, -0.1) is 0 Å². The highest BCUT2D eigenvalue weighted by Gasteiger charge is 2.19. The van der Waals surface area contributed by atoms with Crippen LogP contribution in [0, 0.1) is 0 Å². The zero-order valence-corrected chi connectivity index (χ0v) is 9.92. The van der Waals surface area contributed by atoms with E-state index in [-0.39, 0.29) is 19.0 Å². The topological polar surface area (TPSA) is 95.5 Å². The van der Waals surface area contributed by atoms with Gasteiger partial charge in [0.05, 0.1) is 6.42 Å². The first-order chi connectivity index (χ1) is 7.49. The lowest BCUT2D eigenvalue weighted by Gasteiger charge is -2.22. The molecule has 1 rings (SSSR count). The van der Waals surface area contributed by atoms with Crippen LogP contribution < -0.4 is 9.44 Å². The molecule has 0 aliphatic heterocycles. The molecule has 6 nitrogen and oxygen atoms in total. The van der Waals surface area contributed by atoms with Crippen LogP contribution in [0.15, 0.2) is 0 Å². The van der Waals surface area contributed by atoms with Gasteiger partial charge in [-0.2, -0.15) is 13.1 Å². The average Bonchev–Trinajstić information content (AvgIpc) is 2.17. The van der Waals surface area contributed by atoms with E-state index in [4.69, 9.17) is 5.11 Å². The number of carbonyl (C=O) groups is 1. The first-order valence-electron chi connectivity index (χ1n) is 5.48. The molecule has 0 spiro atoms. The summed E-state index contributed by atoms with van der Waals surface area (Å²) in [7, 11) is -3.54. The molecule has 3 N–H and O–H groups in total. The summed E-state index contributed by atoms with van der Waals surface area (Å²) in [5, 5.41) is 8.38. The molecule has 1 fully saturated rings. The molecule has 0 aromatic rings. The molecular weight excluding hydrogens is 232 g/mol. The molecule has 1 saturated carbocycles. The van der Waals surface area contributed by atoms with Crippen LogP contribution in [0.5, 0.6) is 0 Å². The van der Waals surface area contributed by atoms with Crippen molar-refractivity contribution in [3.05, 3.63) is 0 Å². The first kappa shape index (κ1) is 13.4. The minimum Gasteiger partial charge on any atom is -0.481 e. The summed E-state index contributed by atoms with van der Waals surface area (Å²) in [4.78, 5) is 10.2. The molecular formula is C9H18N2O4S. The molecule has 1 aliphatic carbocycles. The van der Waals surface area contributed by atoms with Crippen LogP contribution in [0.4, 0.5) is 0 Å². The van der Waals surface area contributed by atoms with E-state index in [9.17, 15) is 13.2 Å². The van der Waals surface area contributed by atoms with Crippen molar-refractivity contribution < 1.29 is 18.3 Å². The van der Waals surface area contributed by atoms with Gasteiger partial charge >= 0.3 is 5.97 Å². The molecule has 0 heterocycles. The van der Waals surface area contributed by atoms with E-state index < -0.39 is 16.2 Å². The van der Waals surface area contributed by atoms with Gasteiger partial charge in [0.2, 0.25) is 0 Å². The van der Waals surface area contributed by atoms with Gasteiger partial charge in [0.1, 0.15) is 0 Å². The fourth-order valence-electron chi connectivity index (χ4n) is 1.77. The van der Waals surface area contributed by atoms with Crippen molar-refractivity contribution in [3.63, 3.8) is 0 Å². The van der Waals surface area contributed by atoms with Crippen molar-refractivity contribution >= 4 is 16.2 Å². The second kappa shape index (κ2) is 6.17. The van der Waals surface area contributed by atoms with Crippen molar-refractivity contribution in [2.24, 2.45) is 0 Å². The zero-order chi connectivity index (χ0) is 12.0. The zero-order valence-electron chi connectivity index (χ0n) is 9.11. The summed E-state index contributed by atoms with van der Waals surface area (Å²) in [6, 6.07) is -0.00363. The number of aliphatic carboxylic acids is 1. The summed E-state index contributed by atoms with van der Waals surface area (Å²) in [5.41, 5.74) is 0. The first-order valence-corrected chi connectivity index (χ1v) is 6.96. The lowest BCUT2D eigenvalue weighted by atomic mass is 9.96. The van der Waals surface area contributed by atoms with Crippen LogP contribution in [0.2, 0.25) is 0 Å². The van der Waals surface area contributed by atoms with Gasteiger partial charge in [0, 0.05) is 12.6 Å². The lowest BCUT2D eigenvalue weighted by Crippen LogP contribution is -2.44. The predicted octanol–water partition coefficient (Wildman–Crippen LogP) is 0.218. The molecule has 7 heteroatoms. The fourth-order valence-corrected chi connectivity index (χ4v) is 2.90. The van der Waals surface area contributed by atoms with Crippen molar-refractivity contribution in [2.45, 2.75) is 44.6 Å². The normalized spacial score (nSPS) is 18.5. The largest absolute Gasteiger partial charge is 0.481 e. The third-order valence-electron chi connectivity index (χ3n) is 2.56. The molecule has 94 valence electrons. The highest BCUT2D eigenvalue weighted by atomic mass is 32.2. The summed E-state index contributed by atoms with van der Waals surface area (Å²) >= 11 is 0. The van der Waals surface area contributed by atoms with E-state index in [1.165, 1.54) is 0 Å². The average molecular weight is 250 g/mol. The maximum atomic E-state index is 11.5. The van der Waals surface area contributed by atoms with E-state index in [0.29, 0.717) is 0 Å². The van der Waals surface area contributed by atoms with Gasteiger partial charge in [0.15, 0.2) is 0 Å². The molecule has 0 saturated heterocycles. The number of carboxylic acid groups (broad SMARTS) is 1. The van der Waals surface area contributed by atoms with Crippen LogP contribution in [0.25, 0.3) is 0 Å². The molecule has 1 aliphatic rings. The highest BCUT2D eigenvalue weighted by molar-refractivity contribution is 7.87. The Morgan fingerprint density at radius 2 is 1.88 bits per heavy atom. The van der Waals surface area contributed by atoms with Crippen molar-refractivity contribution in [1.82, 2.24) is 9.44 Å². The van der Waals surface area contributed by atoms with Gasteiger partial charge in [-0.25, -0.2) is 4.72 Å². The maximum absolute atomic E-state index is 11.5. The van der Waals surface area contributed by atoms with E-state index >= 15 is 0 Å². The molecule has 0 radical (unpaired) electrons. The molecule has 0 atom stereocenters. The molecule has 16 heavy (non-hydrogen) atoms. The Labute approximate surface area is 95.6 Å². The summed E-state index contributed by atoms with van der Waals surface area (Å²) in [6.45, 7) is -0.0720. The van der Waals surface area contributed by atoms with E-state index in [2.05, 4.69) is 9.44 Å². The smallest absolute Gasteiger partial charge is 0.304 e. The van der Waals surface area contributed by atoms with Crippen LogP contribution in [-0.2, 0) is 15.0 Å². The van der Waals surface area contributed by atoms with Crippen molar-refractivity contribution in [2.75, 3.05) is 6.54 Å². The predicted molar refractivity (Wildman–Crippen MR) is 59.2 cm³/mol. The Hall–Kier alpha value is -0.660. The lowest BCUT2D eigenvalue weighted by molar-refractivity contribution is -0.136. The van der Waals surface area contributed by atoms with Crippen LogP contribution in [-0.4, -0.2) is 32.1 Å². The van der Waals surface area contributed by atoms with E-state index in [1.54, 1.807) is 0 Å². The second-order valence-electron chi connectivity index (χ2n) is 3.99. The minimum absolute atomic E-state index is 0.00363. The number of rotatable bonds is 6. The van der Waals surface area contributed by atoms with Gasteiger partial charge in [-0.05, 0) is 12.8 Å². The summed E-state index contributed by atoms with van der Waals surface area (Å²) in [5.74, 6) is -1.01. The number of nitrogens with one attached hydrogen (secondary N) is 2. The fraction of sp³-hybridized carbons (Fsp3) is 0.889. The standard InChI is InChI=1S/C9H18N2O4S/c12-9(13)6-7-10-16(14,15)11-8-4-2-1-3-5-8/h8,10-11H,1-7H2,(H,12,13). The summed E-state index contributed by atoms with van der Waals surface area (Å²) in [6.07, 6.45) is 4.76. The minimum atomic E-state index is -3.54. The highest BCUT2D eigenvalue weighted by Crippen LogP contribution is 2.17. The van der Waals surface area contributed by atoms with E-state index in [0.717, 1.165) is 32.1 Å². The van der Waals surface area contributed by atoms with Crippen molar-refractivity contribution in [3.8, 4) is 0 Å². The molecule has 0 amide bonds. The van der Waals surface area contributed by atoms with Gasteiger partial charge in [-0.3, -0.25) is 4.79 Å². The SMILES string of the molecule is O=C(O)CCNS(=O)(=O)NC1CCCCC1. The molecule has 0 bridgehead atoms. The Bertz CT molecular complexity index is 322. The Morgan fingerprint density at radius 1 is 1.25 bits per heavy atom. The van der Waals surface area contributed by atoms with Crippen LogP contribution in [0.3, 0.4) is 0 Å². The van der Waals surface area contributed by atoms with Crippen molar-refractivity contribution in [1.29, 1.82) is 0 Å². The number of hydrogen-bond donors (Lipinski definition) is 3. The quantitative estimate of drug-likeness (QED) is 0.628. The molecule has 0 aromatic carbocycles. The number of carboxylic acids is 1. The van der Waals surface area contributed by atoms with Crippen LogP contribution >= 0.6 is 0 Å². The Balaban J connectivity index is 2.29. The Morgan fingerprint density at radius 3 is 2.44 bits per heavy atom. The monoisotopic (exact) mass is 250 g/mol. The maximum Gasteiger partial charge on any atom is 0.304 e. The third kappa shape index (κ3) is 5.43. The molecule has 0 unspecified atom stereocenters. The van der Waals surface area contributed by atoms with E-state index in [1.807, 2.05) is 0 Å². The Kier molecular flexibility index (Phi) is 5.17. The third-order valence-corrected chi connectivity index (χ3v) is 3.79. The number of hydrogen-bond acceptors (Lipinski definition) is 3. The van der Waals surface area contributed by atoms with Gasteiger partial charge in [-0.1, -0.05) is 19.3 Å². The summed E-state index contributed by atoms with van der Waals surface area (Å²) < 4.78 is 27.7. The molecule has 0 aromatic heterocycles. The van der Waals surface area contributed by atoms with Gasteiger partial charge in [0.25, 0.3) is 10.2 Å². The van der Waals surface area contributed by atoms with Crippen LogP contribution in [0.1, 0.15) is 38.5 Å². The second-order valence-corrected chi connectivity index (χ2v) is 5.53.